The van der Waals surface area contributed by atoms with Gasteiger partial charge in [0.15, 0.2) is 5.84 Å². The van der Waals surface area contributed by atoms with E-state index < -0.39 is 6.04 Å². The van der Waals surface area contributed by atoms with Crippen molar-refractivity contribution in [1.82, 2.24) is 5.32 Å². The molecular formula is C12H15BrClN3O2. The third-order valence-corrected chi connectivity index (χ3v) is 3.37. The zero-order valence-corrected chi connectivity index (χ0v) is 12.9. The number of rotatable bonds is 4. The van der Waals surface area contributed by atoms with Crippen LogP contribution in [0, 0.1) is 5.92 Å². The van der Waals surface area contributed by atoms with Gasteiger partial charge in [0, 0.05) is 4.47 Å². The molecule has 0 heterocycles. The Bertz CT molecular complexity index is 506. The Morgan fingerprint density at radius 1 is 1.53 bits per heavy atom. The number of nitrogens with zero attached hydrogens (tertiary/aromatic N) is 1. The third-order valence-electron chi connectivity index (χ3n) is 2.56. The van der Waals surface area contributed by atoms with E-state index in [1.807, 2.05) is 13.8 Å². The quantitative estimate of drug-likeness (QED) is 0.338. The van der Waals surface area contributed by atoms with Crippen molar-refractivity contribution in [1.29, 1.82) is 0 Å². The molecule has 4 N–H and O–H groups in total. The monoisotopic (exact) mass is 347 g/mol. The summed E-state index contributed by atoms with van der Waals surface area (Å²) in [7, 11) is 0. The summed E-state index contributed by atoms with van der Waals surface area (Å²) in [6, 6.07) is 4.39. The molecule has 104 valence electrons. The zero-order chi connectivity index (χ0) is 14.6. The molecule has 0 saturated heterocycles. The summed E-state index contributed by atoms with van der Waals surface area (Å²) in [5.74, 6) is -0.437. The second kappa shape index (κ2) is 6.77. The van der Waals surface area contributed by atoms with Gasteiger partial charge in [0.25, 0.3) is 5.91 Å². The van der Waals surface area contributed by atoms with Gasteiger partial charge in [-0.1, -0.05) is 46.5 Å². The van der Waals surface area contributed by atoms with E-state index in [1.54, 1.807) is 18.2 Å². The fraction of sp³-hybridized carbons (Fsp3) is 0.333. The molecule has 7 heteroatoms. The van der Waals surface area contributed by atoms with Gasteiger partial charge in [-0.2, -0.15) is 0 Å². The van der Waals surface area contributed by atoms with Crippen molar-refractivity contribution in [3.8, 4) is 0 Å². The summed E-state index contributed by atoms with van der Waals surface area (Å²) in [4.78, 5) is 12.1. The van der Waals surface area contributed by atoms with Crippen LogP contribution in [0.5, 0.6) is 0 Å². The summed E-state index contributed by atoms with van der Waals surface area (Å²) in [6.07, 6.45) is 0. The molecule has 0 aliphatic heterocycles. The first-order valence-electron chi connectivity index (χ1n) is 5.60. The number of nitrogens with one attached hydrogen (secondary N) is 1. The van der Waals surface area contributed by atoms with E-state index in [0.717, 1.165) is 4.47 Å². The number of amides is 1. The molecule has 0 saturated carbocycles. The van der Waals surface area contributed by atoms with Crippen molar-refractivity contribution in [2.24, 2.45) is 16.8 Å². The number of amidine groups is 1. The molecule has 0 aromatic heterocycles. The maximum absolute atomic E-state index is 12.1. The van der Waals surface area contributed by atoms with Crippen molar-refractivity contribution in [3.05, 3.63) is 33.3 Å². The highest BCUT2D eigenvalue weighted by Crippen LogP contribution is 2.21. The molecule has 0 radical (unpaired) electrons. The van der Waals surface area contributed by atoms with Crippen LogP contribution in [0.15, 0.2) is 27.8 Å². The highest BCUT2D eigenvalue weighted by molar-refractivity contribution is 9.10. The van der Waals surface area contributed by atoms with E-state index >= 15 is 0 Å². The Kier molecular flexibility index (Phi) is 5.62. The second-order valence-electron chi connectivity index (χ2n) is 4.34. The van der Waals surface area contributed by atoms with Crippen molar-refractivity contribution in [2.75, 3.05) is 0 Å². The molecule has 0 bridgehead atoms. The first-order chi connectivity index (χ1) is 8.86. The fourth-order valence-electron chi connectivity index (χ4n) is 1.54. The fourth-order valence-corrected chi connectivity index (χ4v) is 2.30. The minimum Gasteiger partial charge on any atom is -0.409 e. The van der Waals surface area contributed by atoms with Gasteiger partial charge in [-0.3, -0.25) is 4.79 Å². The minimum atomic E-state index is -0.558. The molecule has 0 aliphatic carbocycles. The summed E-state index contributed by atoms with van der Waals surface area (Å²) >= 11 is 9.26. The second-order valence-corrected chi connectivity index (χ2v) is 5.67. The number of oxime groups is 1. The van der Waals surface area contributed by atoms with Gasteiger partial charge < -0.3 is 16.3 Å². The van der Waals surface area contributed by atoms with Gasteiger partial charge in [0.1, 0.15) is 0 Å². The topological polar surface area (TPSA) is 87.7 Å². The highest BCUT2D eigenvalue weighted by Gasteiger charge is 2.22. The maximum atomic E-state index is 12.1. The van der Waals surface area contributed by atoms with E-state index in [2.05, 4.69) is 26.4 Å². The number of carbonyl (C=O) groups excluding carboxylic acids is 1. The van der Waals surface area contributed by atoms with Gasteiger partial charge in [-0.25, -0.2) is 0 Å². The lowest BCUT2D eigenvalue weighted by Crippen LogP contribution is -2.47. The Hall–Kier alpha value is -1.27. The molecule has 1 unspecified atom stereocenters. The number of benzene rings is 1. The number of nitrogens with two attached hydrogens (primary N) is 1. The Labute approximate surface area is 124 Å². The lowest BCUT2D eigenvalue weighted by atomic mass is 10.0. The highest BCUT2D eigenvalue weighted by atomic mass is 79.9. The molecule has 0 fully saturated rings. The lowest BCUT2D eigenvalue weighted by Gasteiger charge is -2.21. The molecule has 19 heavy (non-hydrogen) atoms. The minimum absolute atomic E-state index is 0.0194. The van der Waals surface area contributed by atoms with E-state index in [1.165, 1.54) is 0 Å². The van der Waals surface area contributed by atoms with Crippen LogP contribution in [-0.4, -0.2) is 23.0 Å². The first-order valence-corrected chi connectivity index (χ1v) is 6.77. The number of halogens is 2. The largest absolute Gasteiger partial charge is 0.409 e. The molecular weight excluding hydrogens is 334 g/mol. The molecule has 0 spiro atoms. The summed E-state index contributed by atoms with van der Waals surface area (Å²) in [5.41, 5.74) is 5.89. The van der Waals surface area contributed by atoms with Gasteiger partial charge in [-0.15, -0.1) is 0 Å². The molecule has 5 nitrogen and oxygen atoms in total. The van der Waals surface area contributed by atoms with E-state index in [4.69, 9.17) is 22.5 Å². The standard InChI is InChI=1S/C12H15BrClN3O2/c1-6(2)10(11(15)17-19)16-12(18)8-4-3-7(13)5-9(8)14/h3-6,10,19H,1-2H3,(H2,15,17)(H,16,18). The van der Waals surface area contributed by atoms with Crippen molar-refractivity contribution < 1.29 is 10.0 Å². The molecule has 1 aromatic rings. The Morgan fingerprint density at radius 2 is 2.16 bits per heavy atom. The van der Waals surface area contributed by atoms with Gasteiger partial charge in [-0.05, 0) is 24.1 Å². The summed E-state index contributed by atoms with van der Waals surface area (Å²) in [5, 5.41) is 14.7. The van der Waals surface area contributed by atoms with Crippen LogP contribution in [0.25, 0.3) is 0 Å². The number of hydrogen-bond acceptors (Lipinski definition) is 3. The molecule has 1 rings (SSSR count). The summed E-state index contributed by atoms with van der Waals surface area (Å²) in [6.45, 7) is 3.71. The third kappa shape index (κ3) is 4.11. The van der Waals surface area contributed by atoms with Crippen LogP contribution >= 0.6 is 27.5 Å². The predicted molar refractivity (Wildman–Crippen MR) is 78.7 cm³/mol. The van der Waals surface area contributed by atoms with Crippen molar-refractivity contribution in [3.63, 3.8) is 0 Å². The van der Waals surface area contributed by atoms with Crippen LogP contribution in [0.3, 0.4) is 0 Å². The van der Waals surface area contributed by atoms with Crippen LogP contribution < -0.4 is 11.1 Å². The Balaban J connectivity index is 2.94. The average Bonchev–Trinajstić information content (AvgIpc) is 2.34. The van der Waals surface area contributed by atoms with E-state index in [9.17, 15) is 4.79 Å². The smallest absolute Gasteiger partial charge is 0.253 e. The first kappa shape index (κ1) is 15.8. The number of carbonyl (C=O) groups is 1. The molecule has 1 atom stereocenters. The zero-order valence-electron chi connectivity index (χ0n) is 10.5. The van der Waals surface area contributed by atoms with E-state index in [-0.39, 0.29) is 17.7 Å². The van der Waals surface area contributed by atoms with Crippen LogP contribution in [-0.2, 0) is 0 Å². The van der Waals surface area contributed by atoms with Crippen LogP contribution in [0.2, 0.25) is 5.02 Å². The van der Waals surface area contributed by atoms with Gasteiger partial charge >= 0.3 is 0 Å². The maximum Gasteiger partial charge on any atom is 0.253 e. The van der Waals surface area contributed by atoms with Gasteiger partial charge in [0.2, 0.25) is 0 Å². The van der Waals surface area contributed by atoms with Gasteiger partial charge in [0.05, 0.1) is 16.6 Å². The predicted octanol–water partition coefficient (Wildman–Crippen LogP) is 2.60. The molecule has 1 aromatic carbocycles. The van der Waals surface area contributed by atoms with E-state index in [0.29, 0.717) is 10.6 Å². The average molecular weight is 349 g/mol. The van der Waals surface area contributed by atoms with Crippen molar-refractivity contribution in [2.45, 2.75) is 19.9 Å². The normalized spacial score (nSPS) is 13.4. The number of hydrogen-bond donors (Lipinski definition) is 3. The Morgan fingerprint density at radius 3 is 2.63 bits per heavy atom. The van der Waals surface area contributed by atoms with Crippen LogP contribution in [0.4, 0.5) is 0 Å². The molecule has 0 aliphatic rings. The summed E-state index contributed by atoms with van der Waals surface area (Å²) < 4.78 is 0.783. The van der Waals surface area contributed by atoms with Crippen molar-refractivity contribution >= 4 is 39.3 Å². The SMILES string of the molecule is CC(C)C(NC(=O)c1ccc(Br)cc1Cl)C(N)=NO. The molecule has 1 amide bonds. The lowest BCUT2D eigenvalue weighted by molar-refractivity contribution is 0.0939. The van der Waals surface area contributed by atoms with Crippen LogP contribution in [0.1, 0.15) is 24.2 Å².